The molecular formula is C17H12N4OS. The summed E-state index contributed by atoms with van der Waals surface area (Å²) in [5.74, 6) is -0.0908. The Morgan fingerprint density at radius 2 is 2.00 bits per heavy atom. The van der Waals surface area contributed by atoms with Gasteiger partial charge in [0.2, 0.25) is 0 Å². The van der Waals surface area contributed by atoms with Gasteiger partial charge in [-0.25, -0.2) is 4.98 Å². The van der Waals surface area contributed by atoms with E-state index < -0.39 is 5.91 Å². The molecule has 0 spiro atoms. The molecule has 3 aromatic heterocycles. The molecule has 1 aromatic carbocycles. The first kappa shape index (κ1) is 13.7. The predicted octanol–water partition coefficient (Wildman–Crippen LogP) is 3.19. The second-order valence-corrected chi connectivity index (χ2v) is 6.23. The molecule has 0 atom stereocenters. The lowest BCUT2D eigenvalue weighted by atomic mass is 10.0. The smallest absolute Gasteiger partial charge is 0.251 e. The number of hydrogen-bond donors (Lipinski definition) is 2. The molecule has 4 N–H and O–H groups in total. The zero-order valence-electron chi connectivity index (χ0n) is 12.0. The van der Waals surface area contributed by atoms with Gasteiger partial charge in [0.1, 0.15) is 5.82 Å². The molecule has 0 unspecified atom stereocenters. The quantitative estimate of drug-likeness (QED) is 0.593. The Kier molecular flexibility index (Phi) is 2.99. The third-order valence-corrected chi connectivity index (χ3v) is 4.97. The Hall–Kier alpha value is -2.99. The molecule has 112 valence electrons. The number of nitrogen functional groups attached to an aromatic ring is 1. The number of nitrogens with two attached hydrogens (primary N) is 2. The molecule has 4 rings (SSSR count). The molecule has 0 aliphatic rings. The number of carbonyl (C=O) groups is 1. The number of fused-ring (bicyclic) bond motifs is 3. The number of primary amides is 1. The normalized spacial score (nSPS) is 11.1. The Bertz CT molecular complexity index is 1060. The first-order valence-electron chi connectivity index (χ1n) is 6.96. The fourth-order valence-corrected chi connectivity index (χ4v) is 3.95. The minimum Gasteiger partial charge on any atom is -0.383 e. The number of anilines is 1. The largest absolute Gasteiger partial charge is 0.383 e. The van der Waals surface area contributed by atoms with Crippen molar-refractivity contribution in [1.82, 2.24) is 9.97 Å². The van der Waals surface area contributed by atoms with Gasteiger partial charge in [-0.3, -0.25) is 9.78 Å². The Labute approximate surface area is 135 Å². The van der Waals surface area contributed by atoms with Crippen LogP contribution in [0.2, 0.25) is 0 Å². The van der Waals surface area contributed by atoms with Crippen LogP contribution in [0.25, 0.3) is 31.3 Å². The van der Waals surface area contributed by atoms with Gasteiger partial charge in [-0.15, -0.1) is 11.3 Å². The van der Waals surface area contributed by atoms with Crippen LogP contribution in [0.1, 0.15) is 10.4 Å². The third kappa shape index (κ3) is 2.11. The van der Waals surface area contributed by atoms with Crippen LogP contribution in [0.15, 0.2) is 48.9 Å². The summed E-state index contributed by atoms with van der Waals surface area (Å²) >= 11 is 1.50. The predicted molar refractivity (Wildman–Crippen MR) is 93.3 cm³/mol. The lowest BCUT2D eigenvalue weighted by Gasteiger charge is -2.02. The number of carbonyl (C=O) groups excluding carboxylic acids is 1. The second kappa shape index (κ2) is 5.03. The van der Waals surface area contributed by atoms with Crippen LogP contribution < -0.4 is 11.5 Å². The van der Waals surface area contributed by atoms with Crippen LogP contribution in [0.5, 0.6) is 0 Å². The van der Waals surface area contributed by atoms with E-state index in [1.165, 1.54) is 17.5 Å². The number of aromatic nitrogens is 2. The number of amides is 1. The highest BCUT2D eigenvalue weighted by Gasteiger charge is 2.16. The van der Waals surface area contributed by atoms with Crippen LogP contribution in [0, 0.1) is 0 Å². The molecule has 0 aliphatic heterocycles. The SMILES string of the molecule is NC(=O)c1cnc(N)c2c1sc1cc(-c3cccnc3)ccc12. The highest BCUT2D eigenvalue weighted by Crippen LogP contribution is 2.39. The maximum absolute atomic E-state index is 11.6. The summed E-state index contributed by atoms with van der Waals surface area (Å²) in [6.07, 6.45) is 5.00. The number of rotatable bonds is 2. The van der Waals surface area contributed by atoms with Gasteiger partial charge in [-0.05, 0) is 17.7 Å². The van der Waals surface area contributed by atoms with Crippen LogP contribution in [-0.2, 0) is 0 Å². The van der Waals surface area contributed by atoms with E-state index in [1.54, 1.807) is 6.20 Å². The zero-order valence-corrected chi connectivity index (χ0v) is 12.8. The number of benzene rings is 1. The van der Waals surface area contributed by atoms with Crippen LogP contribution in [0.4, 0.5) is 5.82 Å². The summed E-state index contributed by atoms with van der Waals surface area (Å²) in [5.41, 5.74) is 14.0. The highest BCUT2D eigenvalue weighted by molar-refractivity contribution is 7.26. The van der Waals surface area contributed by atoms with Crippen molar-refractivity contribution in [3.8, 4) is 11.1 Å². The van der Waals surface area contributed by atoms with Crippen molar-refractivity contribution in [2.45, 2.75) is 0 Å². The number of nitrogens with zero attached hydrogens (tertiary/aromatic N) is 2. The third-order valence-electron chi connectivity index (χ3n) is 3.78. The fraction of sp³-hybridized carbons (Fsp3) is 0. The van der Waals surface area contributed by atoms with Gasteiger partial charge in [0.15, 0.2) is 0 Å². The Balaban J connectivity index is 2.04. The Morgan fingerprint density at radius 1 is 1.13 bits per heavy atom. The molecule has 3 heterocycles. The standard InChI is InChI=1S/C17H12N4OS/c18-16-14-11-4-3-9(10-2-1-5-20-7-10)6-13(11)23-15(14)12(8-21-16)17(19)22/h1-8H,(H2,18,21)(H2,19,22). The van der Waals surface area contributed by atoms with E-state index in [0.717, 1.165) is 31.3 Å². The van der Waals surface area contributed by atoms with E-state index in [2.05, 4.69) is 16.0 Å². The fourth-order valence-electron chi connectivity index (χ4n) is 2.69. The summed E-state index contributed by atoms with van der Waals surface area (Å²) in [4.78, 5) is 19.9. The first-order valence-corrected chi connectivity index (χ1v) is 7.78. The summed E-state index contributed by atoms with van der Waals surface area (Å²) in [5, 5.41) is 1.77. The van der Waals surface area contributed by atoms with Crippen LogP contribution >= 0.6 is 11.3 Å². The molecule has 4 aromatic rings. The molecule has 0 radical (unpaired) electrons. The lowest BCUT2D eigenvalue weighted by Crippen LogP contribution is -2.11. The summed E-state index contributed by atoms with van der Waals surface area (Å²) in [7, 11) is 0. The average Bonchev–Trinajstić information content (AvgIpc) is 2.94. The number of pyridine rings is 2. The van der Waals surface area contributed by atoms with Gasteiger partial charge in [0.25, 0.3) is 5.91 Å². The second-order valence-electron chi connectivity index (χ2n) is 5.18. The van der Waals surface area contributed by atoms with Crippen molar-refractivity contribution in [1.29, 1.82) is 0 Å². The molecular weight excluding hydrogens is 308 g/mol. The first-order chi connectivity index (χ1) is 11.1. The van der Waals surface area contributed by atoms with Crippen molar-refractivity contribution < 1.29 is 4.79 Å². The molecule has 23 heavy (non-hydrogen) atoms. The maximum Gasteiger partial charge on any atom is 0.251 e. The number of hydrogen-bond acceptors (Lipinski definition) is 5. The van der Waals surface area contributed by atoms with E-state index in [-0.39, 0.29) is 0 Å². The maximum atomic E-state index is 11.6. The highest BCUT2D eigenvalue weighted by atomic mass is 32.1. The summed E-state index contributed by atoms with van der Waals surface area (Å²) < 4.78 is 1.81. The van der Waals surface area contributed by atoms with Gasteiger partial charge in [0.05, 0.1) is 10.3 Å². The van der Waals surface area contributed by atoms with E-state index in [0.29, 0.717) is 11.4 Å². The molecule has 0 saturated heterocycles. The molecule has 1 amide bonds. The molecule has 0 bridgehead atoms. The molecule has 6 heteroatoms. The number of thiophene rings is 1. The average molecular weight is 320 g/mol. The monoisotopic (exact) mass is 320 g/mol. The van der Waals surface area contributed by atoms with Gasteiger partial charge in [-0.1, -0.05) is 18.2 Å². The molecule has 0 aliphatic carbocycles. The van der Waals surface area contributed by atoms with Gasteiger partial charge in [-0.2, -0.15) is 0 Å². The van der Waals surface area contributed by atoms with E-state index in [4.69, 9.17) is 11.5 Å². The van der Waals surface area contributed by atoms with Crippen molar-refractivity contribution in [3.05, 3.63) is 54.5 Å². The van der Waals surface area contributed by atoms with Crippen molar-refractivity contribution >= 4 is 43.2 Å². The lowest BCUT2D eigenvalue weighted by molar-refractivity contribution is 0.100. The minimum atomic E-state index is -0.499. The van der Waals surface area contributed by atoms with Crippen LogP contribution in [-0.4, -0.2) is 15.9 Å². The minimum absolute atomic E-state index is 0.401. The van der Waals surface area contributed by atoms with E-state index in [1.807, 2.05) is 30.5 Å². The molecule has 5 nitrogen and oxygen atoms in total. The van der Waals surface area contributed by atoms with Crippen molar-refractivity contribution in [2.24, 2.45) is 5.73 Å². The Morgan fingerprint density at radius 3 is 2.74 bits per heavy atom. The van der Waals surface area contributed by atoms with Gasteiger partial charge in [0, 0.05) is 39.6 Å². The molecule has 0 fully saturated rings. The van der Waals surface area contributed by atoms with E-state index >= 15 is 0 Å². The van der Waals surface area contributed by atoms with Crippen molar-refractivity contribution in [3.63, 3.8) is 0 Å². The van der Waals surface area contributed by atoms with Crippen LogP contribution in [0.3, 0.4) is 0 Å². The van der Waals surface area contributed by atoms with Gasteiger partial charge >= 0.3 is 0 Å². The summed E-state index contributed by atoms with van der Waals surface area (Å²) in [6.45, 7) is 0. The van der Waals surface area contributed by atoms with Gasteiger partial charge < -0.3 is 11.5 Å². The van der Waals surface area contributed by atoms with Crippen molar-refractivity contribution in [2.75, 3.05) is 5.73 Å². The summed E-state index contributed by atoms with van der Waals surface area (Å²) in [6, 6.07) is 9.99. The van der Waals surface area contributed by atoms with E-state index in [9.17, 15) is 4.79 Å². The topological polar surface area (TPSA) is 94.9 Å². The zero-order chi connectivity index (χ0) is 16.0. The molecule has 0 saturated carbocycles.